The van der Waals surface area contributed by atoms with Gasteiger partial charge in [0.15, 0.2) is 0 Å². The van der Waals surface area contributed by atoms with Crippen molar-refractivity contribution in [2.24, 2.45) is 0 Å². The zero-order valence-electron chi connectivity index (χ0n) is 9.38. The molecule has 0 unspecified atom stereocenters. The molecule has 0 aliphatic carbocycles. The number of aryl methyl sites for hydroxylation is 1. The SMILES string of the molecule is O=C(O)[C@@H]1CCc2cc(S(F)(F)(F)(F)F)ccc2N1. The Balaban J connectivity index is 2.42. The minimum absolute atomic E-state index is 0.000972. The Bertz CT molecular complexity index is 556. The summed E-state index contributed by atoms with van der Waals surface area (Å²) in [4.78, 5) is 8.79. The van der Waals surface area contributed by atoms with Gasteiger partial charge in [-0.05, 0) is 36.6 Å². The lowest BCUT2D eigenvalue weighted by Crippen LogP contribution is -2.33. The molecule has 1 aromatic rings. The maximum absolute atomic E-state index is 12.6. The van der Waals surface area contributed by atoms with Gasteiger partial charge in [0.05, 0.1) is 0 Å². The van der Waals surface area contributed by atoms with E-state index >= 15 is 0 Å². The van der Waals surface area contributed by atoms with E-state index in [1.807, 2.05) is 0 Å². The molecule has 1 aliphatic heterocycles. The predicted molar refractivity (Wildman–Crippen MR) is 61.2 cm³/mol. The molecule has 0 bridgehead atoms. The molecule has 1 aromatic carbocycles. The maximum Gasteiger partial charge on any atom is 0.326 e. The van der Waals surface area contributed by atoms with Crippen molar-refractivity contribution >= 4 is 21.9 Å². The van der Waals surface area contributed by atoms with Crippen molar-refractivity contribution in [3.63, 3.8) is 0 Å². The number of fused-ring (bicyclic) bond motifs is 1. The third-order valence-corrected chi connectivity index (χ3v) is 4.00. The molecule has 19 heavy (non-hydrogen) atoms. The second-order valence-electron chi connectivity index (χ2n) is 4.36. The largest absolute Gasteiger partial charge is 0.480 e. The van der Waals surface area contributed by atoms with E-state index in [4.69, 9.17) is 5.11 Å². The number of aliphatic carboxylic acids is 1. The molecular formula is C10H10F5NO2S. The number of nitrogens with one attached hydrogen (secondary N) is 1. The molecule has 0 spiro atoms. The van der Waals surface area contributed by atoms with E-state index in [-0.39, 0.29) is 30.2 Å². The molecule has 1 heterocycles. The number of rotatable bonds is 2. The molecule has 0 saturated carbocycles. The van der Waals surface area contributed by atoms with E-state index in [2.05, 4.69) is 5.32 Å². The van der Waals surface area contributed by atoms with Gasteiger partial charge >= 0.3 is 16.2 Å². The molecule has 0 fully saturated rings. The van der Waals surface area contributed by atoms with Crippen molar-refractivity contribution in [2.75, 3.05) is 5.32 Å². The van der Waals surface area contributed by atoms with Gasteiger partial charge in [-0.15, -0.1) is 0 Å². The van der Waals surface area contributed by atoms with Gasteiger partial charge in [0, 0.05) is 5.69 Å². The molecule has 108 valence electrons. The summed E-state index contributed by atoms with van der Waals surface area (Å²) in [5.74, 6) is -1.14. The topological polar surface area (TPSA) is 49.3 Å². The van der Waals surface area contributed by atoms with Crippen molar-refractivity contribution < 1.29 is 29.3 Å². The zero-order chi connectivity index (χ0) is 14.5. The van der Waals surface area contributed by atoms with Gasteiger partial charge in [-0.3, -0.25) is 0 Å². The van der Waals surface area contributed by atoms with Crippen molar-refractivity contribution in [1.29, 1.82) is 0 Å². The van der Waals surface area contributed by atoms with Crippen molar-refractivity contribution in [3.8, 4) is 0 Å². The third kappa shape index (κ3) is 2.91. The lowest BCUT2D eigenvalue weighted by molar-refractivity contribution is -0.138. The van der Waals surface area contributed by atoms with Crippen LogP contribution in [-0.2, 0) is 11.2 Å². The highest BCUT2D eigenvalue weighted by Crippen LogP contribution is 3.02. The Labute approximate surface area is 105 Å². The van der Waals surface area contributed by atoms with Crippen LogP contribution in [0.5, 0.6) is 0 Å². The van der Waals surface area contributed by atoms with Crippen molar-refractivity contribution in [2.45, 2.75) is 23.8 Å². The average Bonchev–Trinajstić information content (AvgIpc) is 2.24. The molecule has 2 rings (SSSR count). The summed E-state index contributed by atoms with van der Waals surface area (Å²) in [5.41, 5.74) is 0.188. The number of benzene rings is 1. The fourth-order valence-corrected chi connectivity index (χ4v) is 2.59. The van der Waals surface area contributed by atoms with E-state index in [1.54, 1.807) is 0 Å². The van der Waals surface area contributed by atoms with E-state index in [9.17, 15) is 24.2 Å². The quantitative estimate of drug-likeness (QED) is 0.807. The average molecular weight is 303 g/mol. The van der Waals surface area contributed by atoms with Gasteiger partial charge < -0.3 is 10.4 Å². The fraction of sp³-hybridized carbons (Fsp3) is 0.300. The Morgan fingerprint density at radius 1 is 1.26 bits per heavy atom. The van der Waals surface area contributed by atoms with Gasteiger partial charge in [-0.2, -0.15) is 0 Å². The number of halogens is 5. The number of carbonyl (C=O) groups is 1. The number of hydrogen-bond donors (Lipinski definition) is 2. The first-order chi connectivity index (χ1) is 8.36. The summed E-state index contributed by atoms with van der Waals surface area (Å²) in [5, 5.41) is 11.3. The highest BCUT2D eigenvalue weighted by molar-refractivity contribution is 8.45. The molecule has 1 aliphatic rings. The minimum Gasteiger partial charge on any atom is -0.480 e. The lowest BCUT2D eigenvalue weighted by atomic mass is 9.98. The normalized spacial score (nSPS) is 22.7. The van der Waals surface area contributed by atoms with Crippen LogP contribution in [0.1, 0.15) is 12.0 Å². The van der Waals surface area contributed by atoms with Crippen molar-refractivity contribution in [1.82, 2.24) is 0 Å². The van der Waals surface area contributed by atoms with Crippen LogP contribution in [0.25, 0.3) is 0 Å². The Morgan fingerprint density at radius 3 is 2.42 bits per heavy atom. The second-order valence-corrected chi connectivity index (χ2v) is 6.77. The summed E-state index contributed by atoms with van der Waals surface area (Å²) >= 11 is 0. The summed E-state index contributed by atoms with van der Waals surface area (Å²) in [6, 6.07) is 0.593. The molecular weight excluding hydrogens is 293 g/mol. The summed E-state index contributed by atoms with van der Waals surface area (Å²) in [6.07, 6.45) is 0.0487. The maximum atomic E-state index is 12.6. The Morgan fingerprint density at radius 2 is 1.89 bits per heavy atom. The van der Waals surface area contributed by atoms with Crippen LogP contribution in [0.2, 0.25) is 0 Å². The smallest absolute Gasteiger partial charge is 0.326 e. The molecule has 0 aromatic heterocycles. The number of carboxylic acids is 1. The van der Waals surface area contributed by atoms with Crippen LogP contribution in [0.3, 0.4) is 0 Å². The fourth-order valence-electron chi connectivity index (χ4n) is 1.90. The van der Waals surface area contributed by atoms with Crippen LogP contribution in [0, 0.1) is 0 Å². The summed E-state index contributed by atoms with van der Waals surface area (Å²) < 4.78 is 63.0. The second kappa shape index (κ2) is 3.33. The monoisotopic (exact) mass is 303 g/mol. The predicted octanol–water partition coefficient (Wildman–Crippen LogP) is 4.16. The molecule has 3 nitrogen and oxygen atoms in total. The first-order valence-electron chi connectivity index (χ1n) is 5.23. The first kappa shape index (κ1) is 13.9. The number of anilines is 1. The zero-order valence-corrected chi connectivity index (χ0v) is 10.2. The van der Waals surface area contributed by atoms with E-state index in [1.165, 1.54) is 0 Å². The molecule has 1 atom stereocenters. The first-order valence-corrected chi connectivity index (χ1v) is 7.18. The Kier molecular flexibility index (Phi) is 2.44. The van der Waals surface area contributed by atoms with Gasteiger partial charge in [0.1, 0.15) is 10.9 Å². The Hall–Kier alpha value is -1.51. The van der Waals surface area contributed by atoms with Crippen LogP contribution >= 0.6 is 10.2 Å². The van der Waals surface area contributed by atoms with Crippen LogP contribution in [0.4, 0.5) is 25.1 Å². The summed E-state index contributed by atoms with van der Waals surface area (Å²) in [7, 11) is -9.68. The minimum atomic E-state index is -9.68. The highest BCUT2D eigenvalue weighted by atomic mass is 32.5. The molecule has 2 N–H and O–H groups in total. The highest BCUT2D eigenvalue weighted by Gasteiger charge is 2.65. The van der Waals surface area contributed by atoms with Gasteiger partial charge in [-0.1, -0.05) is 19.4 Å². The van der Waals surface area contributed by atoms with Crippen LogP contribution in [0.15, 0.2) is 23.1 Å². The van der Waals surface area contributed by atoms with E-state index < -0.39 is 27.1 Å². The van der Waals surface area contributed by atoms with Gasteiger partial charge in [0.2, 0.25) is 0 Å². The lowest BCUT2D eigenvalue weighted by Gasteiger charge is -2.41. The van der Waals surface area contributed by atoms with Crippen LogP contribution < -0.4 is 5.32 Å². The van der Waals surface area contributed by atoms with E-state index in [0.717, 1.165) is 6.07 Å². The molecule has 9 heteroatoms. The molecule has 0 radical (unpaired) electrons. The number of carboxylic acid groups (broad SMARTS) is 1. The van der Waals surface area contributed by atoms with Gasteiger partial charge in [-0.25, -0.2) is 4.79 Å². The van der Waals surface area contributed by atoms with E-state index in [0.29, 0.717) is 6.07 Å². The van der Waals surface area contributed by atoms with Gasteiger partial charge in [0.25, 0.3) is 0 Å². The standard InChI is InChI=1S/C10H10F5NO2S/c11-19(12,13,14,15)7-2-4-8-6(5-7)1-3-9(16-8)10(17)18/h2,4-5,9,16H,1,3H2,(H,17,18)/t9-/m0/s1. The summed E-state index contributed by atoms with van der Waals surface area (Å²) in [6.45, 7) is 0. The third-order valence-electron chi connectivity index (χ3n) is 2.85. The van der Waals surface area contributed by atoms with Crippen molar-refractivity contribution in [3.05, 3.63) is 23.8 Å². The molecule has 0 amide bonds. The van der Waals surface area contributed by atoms with Crippen LogP contribution in [-0.4, -0.2) is 17.1 Å². The molecule has 0 saturated heterocycles. The number of hydrogen-bond acceptors (Lipinski definition) is 2.